The van der Waals surface area contributed by atoms with Crippen LogP contribution in [0.25, 0.3) is 11.3 Å². The number of hydrogen-bond acceptors (Lipinski definition) is 6. The Labute approximate surface area is 112 Å². The lowest BCUT2D eigenvalue weighted by molar-refractivity contribution is -0.385. The summed E-state index contributed by atoms with van der Waals surface area (Å²) in [5.41, 5.74) is 5.30. The van der Waals surface area contributed by atoms with E-state index in [0.717, 1.165) is 0 Å². The van der Waals surface area contributed by atoms with E-state index in [1.54, 1.807) is 0 Å². The zero-order valence-corrected chi connectivity index (χ0v) is 10.7. The number of nitro groups is 1. The Morgan fingerprint density at radius 2 is 2.10 bits per heavy atom. The highest BCUT2D eigenvalue weighted by atomic mass is 16.6. The number of carbonyl (C=O) groups is 1. The van der Waals surface area contributed by atoms with E-state index in [0.29, 0.717) is 0 Å². The number of phenols is 1. The Morgan fingerprint density at radius 1 is 1.45 bits per heavy atom. The molecule has 2 aromatic rings. The second kappa shape index (κ2) is 4.61. The second-order valence-corrected chi connectivity index (χ2v) is 4.20. The summed E-state index contributed by atoms with van der Waals surface area (Å²) in [6.45, 7) is 2.96. The number of amides is 1. The first kappa shape index (κ1) is 13.5. The quantitative estimate of drug-likeness (QED) is 0.558. The van der Waals surface area contributed by atoms with Crippen molar-refractivity contribution in [3.05, 3.63) is 33.0 Å². The second-order valence-electron chi connectivity index (χ2n) is 4.20. The average molecular weight is 277 g/mol. The standard InChI is InChI=1S/C11H11N5O4/c1-4-3-6(16(19)20)5(2)7(10(4)17)8-9(11(12)18)14-15-13-8/h3,17H,1-2H3,(H2,12,18)(H,13,14,15). The van der Waals surface area contributed by atoms with Gasteiger partial charge in [0.1, 0.15) is 11.4 Å². The summed E-state index contributed by atoms with van der Waals surface area (Å²) in [7, 11) is 0. The van der Waals surface area contributed by atoms with Crippen molar-refractivity contribution in [2.75, 3.05) is 0 Å². The lowest BCUT2D eigenvalue weighted by atomic mass is 9.98. The summed E-state index contributed by atoms with van der Waals surface area (Å²) in [5, 5.41) is 30.7. The Bertz CT molecular complexity index is 722. The van der Waals surface area contributed by atoms with Gasteiger partial charge in [0.2, 0.25) is 0 Å². The lowest BCUT2D eigenvalue weighted by Gasteiger charge is -2.09. The van der Waals surface area contributed by atoms with Crippen LogP contribution in [-0.4, -0.2) is 31.3 Å². The van der Waals surface area contributed by atoms with E-state index < -0.39 is 10.8 Å². The summed E-state index contributed by atoms with van der Waals surface area (Å²) in [4.78, 5) is 21.7. The number of nitrogens with zero attached hydrogens (tertiary/aromatic N) is 3. The average Bonchev–Trinajstić information content (AvgIpc) is 2.83. The molecule has 1 aromatic heterocycles. The van der Waals surface area contributed by atoms with Crippen LogP contribution in [0.1, 0.15) is 21.6 Å². The highest BCUT2D eigenvalue weighted by molar-refractivity contribution is 5.98. The monoisotopic (exact) mass is 277 g/mol. The molecule has 0 spiro atoms. The molecule has 0 unspecified atom stereocenters. The summed E-state index contributed by atoms with van der Waals surface area (Å²) in [5.74, 6) is -1.05. The van der Waals surface area contributed by atoms with Gasteiger partial charge in [-0.3, -0.25) is 14.9 Å². The molecule has 0 radical (unpaired) electrons. The van der Waals surface area contributed by atoms with E-state index in [9.17, 15) is 20.0 Å². The number of nitro benzene ring substituents is 1. The summed E-state index contributed by atoms with van der Waals surface area (Å²) < 4.78 is 0. The van der Waals surface area contributed by atoms with E-state index >= 15 is 0 Å². The van der Waals surface area contributed by atoms with Crippen LogP contribution in [0.3, 0.4) is 0 Å². The maximum atomic E-state index is 11.3. The first-order valence-corrected chi connectivity index (χ1v) is 5.53. The summed E-state index contributed by atoms with van der Waals surface area (Å²) >= 11 is 0. The van der Waals surface area contributed by atoms with Gasteiger partial charge in [-0.25, -0.2) is 0 Å². The maximum Gasteiger partial charge on any atom is 0.273 e. The van der Waals surface area contributed by atoms with Crippen LogP contribution < -0.4 is 5.73 Å². The van der Waals surface area contributed by atoms with Gasteiger partial charge in [-0.15, -0.1) is 0 Å². The number of H-pyrrole nitrogens is 1. The van der Waals surface area contributed by atoms with Gasteiger partial charge in [0.05, 0.1) is 10.5 Å². The largest absolute Gasteiger partial charge is 0.507 e. The van der Waals surface area contributed by atoms with Crippen LogP contribution >= 0.6 is 0 Å². The number of aromatic amines is 1. The van der Waals surface area contributed by atoms with E-state index in [4.69, 9.17) is 5.73 Å². The maximum absolute atomic E-state index is 11.3. The molecule has 1 heterocycles. The molecule has 20 heavy (non-hydrogen) atoms. The molecule has 1 amide bonds. The molecule has 0 aliphatic heterocycles. The molecule has 0 saturated heterocycles. The molecule has 9 nitrogen and oxygen atoms in total. The Morgan fingerprint density at radius 3 is 2.65 bits per heavy atom. The molecule has 0 fully saturated rings. The van der Waals surface area contributed by atoms with Crippen LogP contribution in [0.5, 0.6) is 5.75 Å². The molecule has 0 saturated carbocycles. The van der Waals surface area contributed by atoms with Crippen molar-refractivity contribution < 1.29 is 14.8 Å². The number of hydrogen-bond donors (Lipinski definition) is 3. The Balaban J connectivity index is 2.83. The fourth-order valence-corrected chi connectivity index (χ4v) is 1.94. The molecule has 1 aromatic carbocycles. The predicted octanol–water partition coefficient (Wildman–Crippen LogP) is 0.801. The van der Waals surface area contributed by atoms with Gasteiger partial charge in [0, 0.05) is 11.6 Å². The number of nitrogens with one attached hydrogen (secondary N) is 1. The van der Waals surface area contributed by atoms with Crippen molar-refractivity contribution in [2.24, 2.45) is 5.73 Å². The molecule has 0 bridgehead atoms. The van der Waals surface area contributed by atoms with E-state index in [2.05, 4.69) is 15.4 Å². The van der Waals surface area contributed by atoms with Crippen molar-refractivity contribution in [1.82, 2.24) is 15.4 Å². The van der Waals surface area contributed by atoms with Crippen LogP contribution in [0, 0.1) is 24.0 Å². The molecular weight excluding hydrogens is 266 g/mol. The molecule has 104 valence electrons. The highest BCUT2D eigenvalue weighted by Crippen LogP contribution is 2.39. The number of nitrogens with two attached hydrogens (primary N) is 1. The minimum absolute atomic E-state index is 0.0145. The minimum atomic E-state index is -0.850. The minimum Gasteiger partial charge on any atom is -0.507 e. The van der Waals surface area contributed by atoms with Crippen molar-refractivity contribution in [1.29, 1.82) is 0 Å². The first-order chi connectivity index (χ1) is 9.34. The topological polar surface area (TPSA) is 148 Å². The molecule has 0 atom stereocenters. The molecule has 2 rings (SSSR count). The Hall–Kier alpha value is -2.97. The van der Waals surface area contributed by atoms with Gasteiger partial charge in [0.25, 0.3) is 11.6 Å². The third kappa shape index (κ3) is 1.94. The van der Waals surface area contributed by atoms with Gasteiger partial charge in [-0.1, -0.05) is 0 Å². The van der Waals surface area contributed by atoms with Crippen molar-refractivity contribution in [2.45, 2.75) is 13.8 Å². The number of rotatable bonds is 3. The third-order valence-electron chi connectivity index (χ3n) is 2.94. The van der Waals surface area contributed by atoms with E-state index in [1.807, 2.05) is 0 Å². The number of primary amides is 1. The van der Waals surface area contributed by atoms with Crippen LogP contribution in [0.2, 0.25) is 0 Å². The molecule has 0 aliphatic rings. The van der Waals surface area contributed by atoms with Gasteiger partial charge in [0.15, 0.2) is 5.69 Å². The Kier molecular flexibility index (Phi) is 3.10. The highest BCUT2D eigenvalue weighted by Gasteiger charge is 2.26. The number of benzene rings is 1. The number of aromatic nitrogens is 3. The predicted molar refractivity (Wildman–Crippen MR) is 68.1 cm³/mol. The first-order valence-electron chi connectivity index (χ1n) is 5.53. The molecule has 0 aliphatic carbocycles. The smallest absolute Gasteiger partial charge is 0.273 e. The number of carbonyl (C=O) groups excluding carboxylic acids is 1. The van der Waals surface area contributed by atoms with Crippen molar-refractivity contribution in [3.63, 3.8) is 0 Å². The summed E-state index contributed by atoms with van der Waals surface area (Å²) in [6, 6.07) is 1.25. The van der Waals surface area contributed by atoms with E-state index in [-0.39, 0.29) is 39.5 Å². The van der Waals surface area contributed by atoms with Crippen LogP contribution in [-0.2, 0) is 0 Å². The number of aryl methyl sites for hydroxylation is 1. The van der Waals surface area contributed by atoms with Gasteiger partial charge in [-0.2, -0.15) is 15.4 Å². The molecule has 9 heteroatoms. The fourth-order valence-electron chi connectivity index (χ4n) is 1.94. The third-order valence-corrected chi connectivity index (χ3v) is 2.94. The normalized spacial score (nSPS) is 10.5. The zero-order valence-electron chi connectivity index (χ0n) is 10.7. The van der Waals surface area contributed by atoms with Crippen molar-refractivity contribution >= 4 is 11.6 Å². The van der Waals surface area contributed by atoms with Crippen molar-refractivity contribution in [3.8, 4) is 17.0 Å². The van der Waals surface area contributed by atoms with Crippen LogP contribution in [0.15, 0.2) is 6.07 Å². The van der Waals surface area contributed by atoms with Crippen LogP contribution in [0.4, 0.5) is 5.69 Å². The van der Waals surface area contributed by atoms with Gasteiger partial charge >= 0.3 is 0 Å². The SMILES string of the molecule is Cc1cc([N+](=O)[O-])c(C)c(-c2n[nH]nc2C(N)=O)c1O. The molecular formula is C11H11N5O4. The fraction of sp³-hybridized carbons (Fsp3) is 0.182. The lowest BCUT2D eigenvalue weighted by Crippen LogP contribution is -2.13. The number of aromatic hydroxyl groups is 1. The number of phenolic OH excluding ortho intramolecular Hbond substituents is 1. The summed E-state index contributed by atoms with van der Waals surface area (Å²) in [6.07, 6.45) is 0. The zero-order chi connectivity index (χ0) is 15.0. The van der Waals surface area contributed by atoms with Gasteiger partial charge < -0.3 is 10.8 Å². The molecule has 4 N–H and O–H groups in total. The van der Waals surface area contributed by atoms with E-state index in [1.165, 1.54) is 19.9 Å². The van der Waals surface area contributed by atoms with Gasteiger partial charge in [-0.05, 0) is 19.4 Å².